The number of unbranched alkanes of at least 4 members (excludes halogenated alkanes) is 4. The number of thiocarbonyl (C=S) groups is 1. The van der Waals surface area contributed by atoms with E-state index in [0.29, 0.717) is 11.4 Å². The summed E-state index contributed by atoms with van der Waals surface area (Å²) in [5.41, 5.74) is 20.0. The summed E-state index contributed by atoms with van der Waals surface area (Å²) < 4.78 is 0. The Morgan fingerprint density at radius 3 is 1.26 bits per heavy atom. The summed E-state index contributed by atoms with van der Waals surface area (Å²) in [7, 11) is 0. The van der Waals surface area contributed by atoms with Gasteiger partial charge in [-0.3, -0.25) is 15.0 Å². The molecule has 0 unspecified atom stereocenters. The fraction of sp³-hybridized carbons (Fsp3) is 0.247. The van der Waals surface area contributed by atoms with Crippen LogP contribution in [0.25, 0.3) is 92.2 Å². The Kier molecular flexibility index (Phi) is 28.1. The van der Waals surface area contributed by atoms with E-state index in [1.54, 1.807) is 18.3 Å². The molecule has 10 aromatic rings. The molecule has 434 valence electrons. The number of carbonyl (C=O) groups excluding carboxylic acids is 1. The predicted octanol–water partition coefficient (Wildman–Crippen LogP) is 13.2. The summed E-state index contributed by atoms with van der Waals surface area (Å²) in [6.45, 7) is 9.32. The minimum absolute atomic E-state index is 0. The molecule has 0 atom stereocenters. The molecule has 88 heavy (non-hydrogen) atoms. The number of pyridine rings is 4. The van der Waals surface area contributed by atoms with Crippen molar-refractivity contribution >= 4 is 58.7 Å². The smallest absolute Gasteiger partial charge is 0.753 e. The Morgan fingerprint density at radius 2 is 0.886 bits per heavy atom. The fourth-order valence-electron chi connectivity index (χ4n) is 12.4. The number of hydrogen-bond donors (Lipinski definition) is 0. The molecule has 0 amide bonds. The first-order chi connectivity index (χ1) is 41.6. The number of benzene rings is 4. The van der Waals surface area contributed by atoms with Gasteiger partial charge in [-0.15, -0.1) is 22.7 Å². The van der Waals surface area contributed by atoms with Crippen LogP contribution in [0.15, 0.2) is 183 Å². The molecule has 0 radical (unpaired) electrons. The molecule has 2 aliphatic rings. The number of rotatable bonds is 19. The van der Waals surface area contributed by atoms with Crippen LogP contribution in [0.3, 0.4) is 0 Å². The van der Waals surface area contributed by atoms with Crippen molar-refractivity contribution in [2.24, 2.45) is 0 Å². The summed E-state index contributed by atoms with van der Waals surface area (Å²) in [4.78, 5) is 33.5. The molecule has 8 nitrogen and oxygen atoms in total. The predicted molar refractivity (Wildman–Crippen MR) is 355 cm³/mol. The number of aromatic nitrogens is 4. The normalized spacial score (nSPS) is 12.0. The molecule has 0 fully saturated rings. The van der Waals surface area contributed by atoms with Gasteiger partial charge < -0.3 is 32.9 Å². The Balaban J connectivity index is 0.000000439. The van der Waals surface area contributed by atoms with Crippen molar-refractivity contribution in [3.05, 3.63) is 222 Å². The second-order valence-corrected chi connectivity index (χ2v) is 24.0. The maximum absolute atomic E-state index is 10.6. The number of carboxylic acid groups (broad SMARTS) is 1. The van der Waals surface area contributed by atoms with E-state index in [4.69, 9.17) is 20.6 Å². The first kappa shape index (κ1) is 71.6. The third-order valence-electron chi connectivity index (χ3n) is 16.4. The number of thiocyanates is 1. The van der Waals surface area contributed by atoms with Crippen LogP contribution < -0.4 is 64.2 Å². The van der Waals surface area contributed by atoms with Gasteiger partial charge in [0, 0.05) is 54.6 Å². The van der Waals surface area contributed by atoms with E-state index in [-0.39, 0.29) is 95.0 Å². The number of aromatic carboxylic acids is 1. The monoisotopic (exact) mass is 1330 g/mol. The zero-order valence-corrected chi connectivity index (χ0v) is 59.8. The maximum Gasteiger partial charge on any atom is 2.00 e. The molecular formula is C73H66N6Na2O2RuS4. The van der Waals surface area contributed by atoms with Crippen LogP contribution in [0.2, 0.25) is 0 Å². The van der Waals surface area contributed by atoms with E-state index in [1.165, 1.54) is 192 Å². The molecule has 0 aliphatic heterocycles. The number of nitrogens with zero attached hydrogens (tertiary/aromatic N) is 6. The number of nitriles is 1. The molecule has 12 rings (SSSR count). The maximum atomic E-state index is 10.6. The number of hydrogen-bond acceptors (Lipinski definition) is 11. The summed E-state index contributed by atoms with van der Waals surface area (Å²) in [6, 6.07) is 59.9. The molecule has 6 aromatic heterocycles. The molecule has 0 saturated carbocycles. The first-order valence-electron chi connectivity index (χ1n) is 29.2. The Labute approximate surface area is 595 Å². The van der Waals surface area contributed by atoms with Crippen molar-refractivity contribution in [3.8, 4) is 92.2 Å². The molecule has 4 aromatic carbocycles. The van der Waals surface area contributed by atoms with E-state index in [1.807, 2.05) is 35.1 Å². The summed E-state index contributed by atoms with van der Waals surface area (Å²) in [5, 5.41) is 27.6. The van der Waals surface area contributed by atoms with Crippen LogP contribution in [0.4, 0.5) is 0 Å². The van der Waals surface area contributed by atoms with Gasteiger partial charge in [-0.25, -0.2) is 5.26 Å². The van der Waals surface area contributed by atoms with E-state index < -0.39 is 5.97 Å². The van der Waals surface area contributed by atoms with Crippen LogP contribution in [0.5, 0.6) is 0 Å². The van der Waals surface area contributed by atoms with Gasteiger partial charge >= 0.3 is 78.6 Å². The second kappa shape index (κ2) is 34.6. The number of fused-ring (bicyclic) bond motifs is 6. The fourth-order valence-corrected chi connectivity index (χ4v) is 14.4. The molecule has 0 bridgehead atoms. The molecule has 15 heteroatoms. The van der Waals surface area contributed by atoms with Gasteiger partial charge in [0.2, 0.25) is 0 Å². The topological polar surface area (TPSA) is 138 Å². The standard InChI is InChI=1S/C60H60N2S2.C11H7N2O2.CHNS.CNS.2Na.Ru/c1-5-9-31-59(32-10-6-2)49-19-15-13-17-45(49)47-23-21-41(37-51(47)59)55-25-27-57(63-55)43-29-35-61-53(39-43)54-40-44(30-36-62-54)58-28-26-56(64-58)42-22-24-48-46-18-14-16-20-50(46)60(33-11-7-3,34-12-8-4)52(48)38-42;14-11(15)8-4-6-13-10(7-8)9-3-1-2-5-12-9;2*2-1-3;;;/h13-30,35-40H,5-12,31-34H2,1-4H3;2-7H,(H,14,15);3H;;;;/q;-1;;-1;2*+1;+2/p-2. The van der Waals surface area contributed by atoms with Crippen LogP contribution >= 0.6 is 34.9 Å². The number of carboxylic acids is 1. The van der Waals surface area contributed by atoms with Gasteiger partial charge in [0.25, 0.3) is 0 Å². The van der Waals surface area contributed by atoms with Crippen molar-refractivity contribution in [2.75, 3.05) is 0 Å². The molecular weight excluding hydrogens is 1270 g/mol. The first-order valence-corrected chi connectivity index (χ1v) is 31.7. The van der Waals surface area contributed by atoms with Crippen molar-refractivity contribution in [1.82, 2.24) is 19.9 Å². The van der Waals surface area contributed by atoms with E-state index in [9.17, 15) is 9.90 Å². The van der Waals surface area contributed by atoms with Gasteiger partial charge in [-0.1, -0.05) is 176 Å². The van der Waals surface area contributed by atoms with Crippen molar-refractivity contribution in [3.63, 3.8) is 0 Å². The SMILES string of the molecule is CCCCC1(CCCC)c2ccccc2-c2ccc(-c3ccc(-c4ccnc(-c5cc(-c6ccc(-c7ccc8c(c7)C(CCCC)(CCCC)c7ccccc7-8)s6)ccn5)c4)s3)cc21.N#C[S-].O=C([O-])c1ccnc(-c2c[c-]ccn2)c1.[N-]=C=S.[Na+].[Na+].[Ru+2]. The Hall–Kier alpha value is -5.52. The Morgan fingerprint density at radius 1 is 0.534 bits per heavy atom. The van der Waals surface area contributed by atoms with Crippen molar-refractivity contribution < 1.29 is 88.5 Å². The van der Waals surface area contributed by atoms with Crippen LogP contribution in [0, 0.1) is 16.7 Å². The van der Waals surface area contributed by atoms with Gasteiger partial charge in [0.05, 0.1) is 17.4 Å². The molecule has 6 heterocycles. The van der Waals surface area contributed by atoms with Gasteiger partial charge in [-0.05, 0) is 176 Å². The van der Waals surface area contributed by atoms with E-state index in [2.05, 4.69) is 202 Å². The zero-order chi connectivity index (χ0) is 59.8. The van der Waals surface area contributed by atoms with E-state index in [0.717, 1.165) is 11.4 Å². The third-order valence-corrected chi connectivity index (χ3v) is 18.7. The minimum atomic E-state index is -1.22. The van der Waals surface area contributed by atoms with E-state index >= 15 is 0 Å². The van der Waals surface area contributed by atoms with Crippen LogP contribution in [-0.2, 0) is 42.9 Å². The van der Waals surface area contributed by atoms with Crippen LogP contribution in [-0.4, -0.2) is 31.1 Å². The molecule has 0 spiro atoms. The quantitative estimate of drug-likeness (QED) is 0.0193. The second-order valence-electron chi connectivity index (χ2n) is 21.4. The molecule has 0 saturated heterocycles. The van der Waals surface area contributed by atoms with Gasteiger partial charge in [0.15, 0.2) is 0 Å². The largest absolute Gasteiger partial charge is 2.00 e. The van der Waals surface area contributed by atoms with Crippen molar-refractivity contribution in [1.29, 1.82) is 5.26 Å². The number of thiophene rings is 2. The molecule has 0 N–H and O–H groups in total. The zero-order valence-electron chi connectivity index (χ0n) is 50.8. The van der Waals surface area contributed by atoms with Gasteiger partial charge in [-0.2, -0.15) is 23.4 Å². The number of isothiocyanates is 1. The average molecular weight is 1330 g/mol. The summed E-state index contributed by atoms with van der Waals surface area (Å²) >= 11 is 11.1. The molecule has 2 aliphatic carbocycles. The van der Waals surface area contributed by atoms with Crippen molar-refractivity contribution in [2.45, 2.75) is 116 Å². The average Bonchev–Trinajstić information content (AvgIpc) is 2.13. The number of carbonyl (C=O) groups is 1. The van der Waals surface area contributed by atoms with Crippen LogP contribution in [0.1, 0.15) is 137 Å². The summed E-state index contributed by atoms with van der Waals surface area (Å²) in [5.74, 6) is -1.22. The minimum Gasteiger partial charge on any atom is -0.753 e. The van der Waals surface area contributed by atoms with Gasteiger partial charge in [0.1, 0.15) is 0 Å². The third kappa shape index (κ3) is 16.0. The Bertz CT molecular complexity index is 3790. The summed E-state index contributed by atoms with van der Waals surface area (Å²) in [6.07, 6.45) is 21.5.